The van der Waals surface area contributed by atoms with E-state index in [1.807, 2.05) is 25.1 Å². The van der Waals surface area contributed by atoms with Crippen molar-refractivity contribution in [1.29, 1.82) is 0 Å². The Labute approximate surface area is 116 Å². The summed E-state index contributed by atoms with van der Waals surface area (Å²) in [6, 6.07) is 5.93. The van der Waals surface area contributed by atoms with Gasteiger partial charge in [0, 0.05) is 30.9 Å². The van der Waals surface area contributed by atoms with Crippen LogP contribution in [-0.4, -0.2) is 49.6 Å². The Kier molecular flexibility index (Phi) is 5.05. The molecule has 1 fully saturated rings. The highest BCUT2D eigenvalue weighted by molar-refractivity contribution is 5.47. The number of nitrogens with zero attached hydrogens (tertiary/aromatic N) is 2. The third-order valence-electron chi connectivity index (χ3n) is 3.59. The summed E-state index contributed by atoms with van der Waals surface area (Å²) in [5, 5.41) is 0. The van der Waals surface area contributed by atoms with Crippen molar-refractivity contribution in [2.24, 2.45) is 0 Å². The fraction of sp³-hybridized carbons (Fsp3) is 0.600. The molecule has 2 rings (SSSR count). The van der Waals surface area contributed by atoms with Crippen LogP contribution in [0.4, 0.5) is 5.69 Å². The van der Waals surface area contributed by atoms with Gasteiger partial charge in [0.25, 0.3) is 0 Å². The first kappa shape index (κ1) is 14.2. The molecular formula is C15H25N3O. The average Bonchev–Trinajstić information content (AvgIpc) is 2.58. The van der Waals surface area contributed by atoms with Gasteiger partial charge in [0.05, 0.1) is 6.61 Å². The molecule has 0 aromatic heterocycles. The van der Waals surface area contributed by atoms with Gasteiger partial charge in [0.15, 0.2) is 0 Å². The van der Waals surface area contributed by atoms with Crippen LogP contribution in [0.25, 0.3) is 0 Å². The topological polar surface area (TPSA) is 41.7 Å². The lowest BCUT2D eigenvalue weighted by Gasteiger charge is -2.22. The van der Waals surface area contributed by atoms with Crippen LogP contribution in [0.5, 0.6) is 5.75 Å². The van der Waals surface area contributed by atoms with Crippen molar-refractivity contribution in [3.05, 3.63) is 23.8 Å². The average molecular weight is 263 g/mol. The van der Waals surface area contributed by atoms with E-state index in [-0.39, 0.29) is 0 Å². The molecule has 0 aliphatic carbocycles. The number of nitrogens with two attached hydrogens (primary N) is 1. The maximum absolute atomic E-state index is 5.90. The van der Waals surface area contributed by atoms with Crippen molar-refractivity contribution in [2.75, 3.05) is 45.6 Å². The zero-order valence-corrected chi connectivity index (χ0v) is 12.1. The summed E-state index contributed by atoms with van der Waals surface area (Å²) in [4.78, 5) is 4.88. The Morgan fingerprint density at radius 1 is 1.21 bits per heavy atom. The molecule has 0 amide bonds. The van der Waals surface area contributed by atoms with Crippen molar-refractivity contribution in [3.63, 3.8) is 0 Å². The monoisotopic (exact) mass is 263 g/mol. The highest BCUT2D eigenvalue weighted by Crippen LogP contribution is 2.23. The van der Waals surface area contributed by atoms with Gasteiger partial charge in [0.2, 0.25) is 0 Å². The van der Waals surface area contributed by atoms with Gasteiger partial charge in [-0.3, -0.25) is 4.90 Å². The smallest absolute Gasteiger partial charge is 0.123 e. The SMILES string of the molecule is CCOc1ccc(N)cc1CN1CCCN(C)CC1. The molecule has 106 valence electrons. The summed E-state index contributed by atoms with van der Waals surface area (Å²) < 4.78 is 5.69. The van der Waals surface area contributed by atoms with E-state index in [0.717, 1.165) is 37.6 Å². The first-order chi connectivity index (χ1) is 9.19. The molecule has 0 saturated carbocycles. The lowest BCUT2D eigenvalue weighted by Crippen LogP contribution is -2.28. The number of rotatable bonds is 4. The largest absolute Gasteiger partial charge is 0.494 e. The maximum atomic E-state index is 5.90. The Balaban J connectivity index is 2.06. The van der Waals surface area contributed by atoms with Crippen LogP contribution in [0.3, 0.4) is 0 Å². The molecule has 4 heteroatoms. The first-order valence-corrected chi connectivity index (χ1v) is 7.11. The van der Waals surface area contributed by atoms with Gasteiger partial charge in [0.1, 0.15) is 5.75 Å². The molecule has 1 aromatic carbocycles. The number of hydrogen-bond acceptors (Lipinski definition) is 4. The molecule has 1 aliphatic rings. The maximum Gasteiger partial charge on any atom is 0.123 e. The summed E-state index contributed by atoms with van der Waals surface area (Å²) in [5.41, 5.74) is 7.91. The lowest BCUT2D eigenvalue weighted by molar-refractivity contribution is 0.261. The van der Waals surface area contributed by atoms with Crippen molar-refractivity contribution in [2.45, 2.75) is 19.9 Å². The molecule has 0 atom stereocenters. The molecule has 0 unspecified atom stereocenters. The molecule has 1 saturated heterocycles. The number of hydrogen-bond donors (Lipinski definition) is 1. The molecular weight excluding hydrogens is 238 g/mol. The number of likely N-dealkylation sites (N-methyl/N-ethyl adjacent to an activating group) is 1. The van der Waals surface area contributed by atoms with Gasteiger partial charge in [-0.05, 0) is 51.7 Å². The van der Waals surface area contributed by atoms with Crippen LogP contribution < -0.4 is 10.5 Å². The molecule has 0 spiro atoms. The quantitative estimate of drug-likeness (QED) is 0.841. The van der Waals surface area contributed by atoms with Gasteiger partial charge < -0.3 is 15.4 Å². The predicted octanol–water partition coefficient (Wildman–Crippen LogP) is 1.81. The van der Waals surface area contributed by atoms with Crippen LogP contribution in [-0.2, 0) is 6.54 Å². The summed E-state index contributed by atoms with van der Waals surface area (Å²) in [6.07, 6.45) is 1.22. The summed E-state index contributed by atoms with van der Waals surface area (Å²) in [7, 11) is 2.19. The van der Waals surface area contributed by atoms with Crippen LogP contribution in [0.15, 0.2) is 18.2 Å². The summed E-state index contributed by atoms with van der Waals surface area (Å²) in [5.74, 6) is 0.967. The Morgan fingerprint density at radius 3 is 2.84 bits per heavy atom. The molecule has 1 aromatic rings. The van der Waals surface area contributed by atoms with Gasteiger partial charge in [-0.2, -0.15) is 0 Å². The van der Waals surface area contributed by atoms with Crippen LogP contribution in [0, 0.1) is 0 Å². The third kappa shape index (κ3) is 4.11. The molecule has 1 aliphatic heterocycles. The van der Waals surface area contributed by atoms with Gasteiger partial charge in [-0.15, -0.1) is 0 Å². The van der Waals surface area contributed by atoms with E-state index in [2.05, 4.69) is 16.8 Å². The second-order valence-corrected chi connectivity index (χ2v) is 5.23. The predicted molar refractivity (Wildman–Crippen MR) is 79.4 cm³/mol. The first-order valence-electron chi connectivity index (χ1n) is 7.11. The molecule has 0 bridgehead atoms. The van der Waals surface area contributed by atoms with E-state index in [0.29, 0.717) is 6.61 Å². The molecule has 4 nitrogen and oxygen atoms in total. The van der Waals surface area contributed by atoms with Crippen molar-refractivity contribution >= 4 is 5.69 Å². The normalized spacial score (nSPS) is 18.2. The van der Waals surface area contributed by atoms with E-state index in [1.54, 1.807) is 0 Å². The van der Waals surface area contributed by atoms with E-state index in [9.17, 15) is 0 Å². The fourth-order valence-corrected chi connectivity index (χ4v) is 2.52. The standard InChI is InChI=1S/C15H25N3O/c1-3-19-15-6-5-14(16)11-13(15)12-18-8-4-7-17(2)9-10-18/h5-6,11H,3-4,7-10,12,16H2,1-2H3. The summed E-state index contributed by atoms with van der Waals surface area (Å²) >= 11 is 0. The summed E-state index contributed by atoms with van der Waals surface area (Å²) in [6.45, 7) is 8.20. The second-order valence-electron chi connectivity index (χ2n) is 5.23. The van der Waals surface area contributed by atoms with E-state index in [4.69, 9.17) is 10.5 Å². The van der Waals surface area contributed by atoms with Gasteiger partial charge >= 0.3 is 0 Å². The van der Waals surface area contributed by atoms with E-state index < -0.39 is 0 Å². The minimum atomic E-state index is 0.694. The van der Waals surface area contributed by atoms with E-state index >= 15 is 0 Å². The zero-order valence-electron chi connectivity index (χ0n) is 12.1. The van der Waals surface area contributed by atoms with Crippen LogP contribution in [0.2, 0.25) is 0 Å². The van der Waals surface area contributed by atoms with Gasteiger partial charge in [-0.25, -0.2) is 0 Å². The third-order valence-corrected chi connectivity index (χ3v) is 3.59. The Hall–Kier alpha value is -1.26. The van der Waals surface area contributed by atoms with Crippen molar-refractivity contribution in [3.8, 4) is 5.75 Å². The van der Waals surface area contributed by atoms with E-state index in [1.165, 1.54) is 18.5 Å². The van der Waals surface area contributed by atoms with Crippen molar-refractivity contribution in [1.82, 2.24) is 9.80 Å². The minimum Gasteiger partial charge on any atom is -0.494 e. The zero-order chi connectivity index (χ0) is 13.7. The molecule has 2 N–H and O–H groups in total. The highest BCUT2D eigenvalue weighted by Gasteiger charge is 2.14. The van der Waals surface area contributed by atoms with Crippen LogP contribution >= 0.6 is 0 Å². The van der Waals surface area contributed by atoms with Crippen LogP contribution in [0.1, 0.15) is 18.9 Å². The lowest BCUT2D eigenvalue weighted by atomic mass is 10.1. The number of anilines is 1. The number of ether oxygens (including phenoxy) is 1. The molecule has 1 heterocycles. The molecule has 0 radical (unpaired) electrons. The minimum absolute atomic E-state index is 0.694. The number of nitrogen functional groups attached to an aromatic ring is 1. The second kappa shape index (κ2) is 6.78. The fourth-order valence-electron chi connectivity index (χ4n) is 2.52. The number of benzene rings is 1. The Morgan fingerprint density at radius 2 is 2.05 bits per heavy atom. The van der Waals surface area contributed by atoms with Crippen molar-refractivity contribution < 1.29 is 4.74 Å². The molecule has 19 heavy (non-hydrogen) atoms. The van der Waals surface area contributed by atoms with Gasteiger partial charge in [-0.1, -0.05) is 0 Å². The Bertz CT molecular complexity index is 408. The highest BCUT2D eigenvalue weighted by atomic mass is 16.5.